The number of nitrogens with zero attached hydrogens (tertiary/aromatic N) is 2. The largest absolute Gasteiger partial charge is 0.461 e. The molecule has 0 saturated carbocycles. The molecule has 2 heterocycles. The van der Waals surface area contributed by atoms with Crippen LogP contribution in [0.1, 0.15) is 25.8 Å². The predicted molar refractivity (Wildman–Crippen MR) is 91.5 cm³/mol. The molecule has 2 rings (SSSR count). The summed E-state index contributed by atoms with van der Waals surface area (Å²) in [4.78, 5) is 27.7. The van der Waals surface area contributed by atoms with Crippen LogP contribution < -0.4 is 11.4 Å². The van der Waals surface area contributed by atoms with Gasteiger partial charge >= 0.3 is 11.7 Å². The van der Waals surface area contributed by atoms with E-state index in [0.717, 1.165) is 4.57 Å². The topological polar surface area (TPSA) is 117 Å². The molecule has 1 saturated heterocycles. The van der Waals surface area contributed by atoms with Gasteiger partial charge < -0.3 is 20.3 Å². The van der Waals surface area contributed by atoms with Crippen LogP contribution >= 0.6 is 11.6 Å². The van der Waals surface area contributed by atoms with E-state index in [-0.39, 0.29) is 11.8 Å². The SMILES string of the molecule is Cc1ccn([C@@H]2O[C@](CCl)(COC(=O)C(N)C(C)C)[C@@H](O)[C@H]2F)c(=O)n1. The molecule has 3 N–H and O–H groups in total. The van der Waals surface area contributed by atoms with E-state index >= 15 is 0 Å². The van der Waals surface area contributed by atoms with Crippen molar-refractivity contribution in [1.29, 1.82) is 0 Å². The summed E-state index contributed by atoms with van der Waals surface area (Å²) < 4.78 is 26.2. The van der Waals surface area contributed by atoms with E-state index in [2.05, 4.69) is 4.98 Å². The fourth-order valence-electron chi connectivity index (χ4n) is 2.55. The van der Waals surface area contributed by atoms with Gasteiger partial charge in [0.15, 0.2) is 12.4 Å². The quantitative estimate of drug-likeness (QED) is 0.528. The molecule has 0 amide bonds. The monoisotopic (exact) mass is 391 g/mol. The van der Waals surface area contributed by atoms with Crippen LogP contribution in [0.3, 0.4) is 0 Å². The van der Waals surface area contributed by atoms with Crippen molar-refractivity contribution in [2.75, 3.05) is 12.5 Å². The van der Waals surface area contributed by atoms with Crippen molar-refractivity contribution in [1.82, 2.24) is 9.55 Å². The van der Waals surface area contributed by atoms with Gasteiger partial charge in [-0.05, 0) is 18.9 Å². The van der Waals surface area contributed by atoms with Gasteiger partial charge in [0.05, 0.1) is 5.88 Å². The van der Waals surface area contributed by atoms with Gasteiger partial charge in [-0.3, -0.25) is 9.36 Å². The molecule has 0 aliphatic carbocycles. The third-order valence-electron chi connectivity index (χ3n) is 4.39. The average Bonchev–Trinajstić information content (AvgIpc) is 2.84. The lowest BCUT2D eigenvalue weighted by Gasteiger charge is -2.29. The van der Waals surface area contributed by atoms with Crippen LogP contribution in [0, 0.1) is 12.8 Å². The van der Waals surface area contributed by atoms with Crippen molar-refractivity contribution < 1.29 is 23.8 Å². The van der Waals surface area contributed by atoms with Crippen LogP contribution in [0.5, 0.6) is 0 Å². The fraction of sp³-hybridized carbons (Fsp3) is 0.688. The van der Waals surface area contributed by atoms with Crippen molar-refractivity contribution in [3.8, 4) is 0 Å². The molecule has 1 unspecified atom stereocenters. The average molecular weight is 392 g/mol. The number of aryl methyl sites for hydroxylation is 1. The number of aliphatic hydroxyl groups is 1. The van der Waals surface area contributed by atoms with Crippen molar-refractivity contribution in [3.05, 3.63) is 28.4 Å². The Morgan fingerprint density at radius 1 is 1.62 bits per heavy atom. The van der Waals surface area contributed by atoms with Crippen molar-refractivity contribution >= 4 is 17.6 Å². The first-order valence-electron chi connectivity index (χ1n) is 8.17. The van der Waals surface area contributed by atoms with Gasteiger partial charge in [-0.1, -0.05) is 13.8 Å². The van der Waals surface area contributed by atoms with Crippen LogP contribution in [-0.4, -0.2) is 57.0 Å². The molecule has 1 aromatic heterocycles. The molecule has 0 bridgehead atoms. The van der Waals surface area contributed by atoms with Crippen molar-refractivity contribution in [2.24, 2.45) is 11.7 Å². The Hall–Kier alpha value is -1.55. The van der Waals surface area contributed by atoms with E-state index in [1.807, 2.05) is 0 Å². The van der Waals surface area contributed by atoms with E-state index in [1.54, 1.807) is 20.8 Å². The van der Waals surface area contributed by atoms with Gasteiger partial charge in [0.25, 0.3) is 0 Å². The molecule has 146 valence electrons. The minimum Gasteiger partial charge on any atom is -0.461 e. The van der Waals surface area contributed by atoms with Crippen LogP contribution in [0.4, 0.5) is 4.39 Å². The zero-order valence-corrected chi connectivity index (χ0v) is 15.5. The molecule has 0 spiro atoms. The normalized spacial score (nSPS) is 29.8. The van der Waals surface area contributed by atoms with Crippen LogP contribution in [0.15, 0.2) is 17.1 Å². The summed E-state index contributed by atoms with van der Waals surface area (Å²) in [6.45, 7) is 4.61. The number of carbonyl (C=O) groups is 1. The molecule has 1 aliphatic rings. The number of nitrogens with two attached hydrogens (primary N) is 1. The molecule has 0 radical (unpaired) electrons. The number of alkyl halides is 2. The minimum absolute atomic E-state index is 0.164. The lowest BCUT2D eigenvalue weighted by molar-refractivity contribution is -0.164. The molecule has 26 heavy (non-hydrogen) atoms. The number of hydrogen-bond donors (Lipinski definition) is 2. The second kappa shape index (κ2) is 7.99. The Balaban J connectivity index is 2.21. The standard InChI is InChI=1S/C16H23ClFN3O5/c1-8(2)11(19)14(23)25-7-16(6-17)12(22)10(18)13(26-16)21-5-4-9(3)20-15(21)24/h4-5,8,10-13,22H,6-7,19H2,1-3H3/t10-,11?,12+,13-,16-/m1/s1. The van der Waals surface area contributed by atoms with Gasteiger partial charge in [-0.15, -0.1) is 11.6 Å². The first-order chi connectivity index (χ1) is 12.1. The Morgan fingerprint density at radius 3 is 2.81 bits per heavy atom. The number of carbonyl (C=O) groups excluding carboxylic acids is 1. The Labute approximate surface area is 155 Å². The molecule has 5 atom stereocenters. The highest BCUT2D eigenvalue weighted by Gasteiger charge is 2.56. The zero-order chi connectivity index (χ0) is 19.6. The van der Waals surface area contributed by atoms with Gasteiger partial charge in [-0.25, -0.2) is 9.18 Å². The molecule has 8 nitrogen and oxygen atoms in total. The summed E-state index contributed by atoms with van der Waals surface area (Å²) in [7, 11) is 0. The first kappa shape index (κ1) is 20.8. The van der Waals surface area contributed by atoms with Crippen LogP contribution in [0.2, 0.25) is 0 Å². The van der Waals surface area contributed by atoms with Crippen LogP contribution in [0.25, 0.3) is 0 Å². The number of aromatic nitrogens is 2. The molecule has 1 fully saturated rings. The van der Waals surface area contributed by atoms with E-state index in [1.165, 1.54) is 12.3 Å². The predicted octanol–water partition coefficient (Wildman–Crippen LogP) is 0.284. The van der Waals surface area contributed by atoms with Gasteiger partial charge in [0.1, 0.15) is 24.4 Å². The number of hydrogen-bond acceptors (Lipinski definition) is 7. The van der Waals surface area contributed by atoms with E-state index in [0.29, 0.717) is 5.69 Å². The highest BCUT2D eigenvalue weighted by Crippen LogP contribution is 2.39. The third-order valence-corrected chi connectivity index (χ3v) is 4.84. The maximum atomic E-state index is 14.7. The lowest BCUT2D eigenvalue weighted by atomic mass is 9.98. The van der Waals surface area contributed by atoms with Crippen LogP contribution in [-0.2, 0) is 14.3 Å². The summed E-state index contributed by atoms with van der Waals surface area (Å²) in [6.07, 6.45) is -3.80. The Kier molecular flexibility index (Phi) is 6.38. The minimum atomic E-state index is -1.96. The number of esters is 1. The first-order valence-corrected chi connectivity index (χ1v) is 8.70. The molecule has 1 aromatic rings. The molecule has 10 heteroatoms. The fourth-order valence-corrected chi connectivity index (χ4v) is 2.85. The summed E-state index contributed by atoms with van der Waals surface area (Å²) in [5, 5.41) is 10.3. The summed E-state index contributed by atoms with van der Waals surface area (Å²) in [5.74, 6) is -1.24. The molecule has 1 aliphatic heterocycles. The number of halogens is 2. The Morgan fingerprint density at radius 2 is 2.27 bits per heavy atom. The lowest BCUT2D eigenvalue weighted by Crippen LogP contribution is -2.50. The second-order valence-electron chi connectivity index (χ2n) is 6.73. The van der Waals surface area contributed by atoms with Gasteiger partial charge in [0.2, 0.25) is 0 Å². The van der Waals surface area contributed by atoms with Gasteiger partial charge in [0, 0.05) is 11.9 Å². The van der Waals surface area contributed by atoms with E-state index in [9.17, 15) is 19.1 Å². The van der Waals surface area contributed by atoms with E-state index < -0.39 is 48.4 Å². The van der Waals surface area contributed by atoms with Crippen molar-refractivity contribution in [3.63, 3.8) is 0 Å². The number of ether oxygens (including phenoxy) is 2. The van der Waals surface area contributed by atoms with Crippen molar-refractivity contribution in [2.45, 2.75) is 50.9 Å². The highest BCUT2D eigenvalue weighted by molar-refractivity contribution is 6.18. The summed E-state index contributed by atoms with van der Waals surface area (Å²) in [6, 6.07) is 0.633. The number of aliphatic hydroxyl groups excluding tert-OH is 1. The summed E-state index contributed by atoms with van der Waals surface area (Å²) >= 11 is 5.89. The highest BCUT2D eigenvalue weighted by atomic mass is 35.5. The van der Waals surface area contributed by atoms with E-state index in [4.69, 9.17) is 26.8 Å². The maximum absolute atomic E-state index is 14.7. The third kappa shape index (κ3) is 3.90. The molecular formula is C16H23ClFN3O5. The van der Waals surface area contributed by atoms with Gasteiger partial charge in [-0.2, -0.15) is 4.98 Å². The zero-order valence-electron chi connectivity index (χ0n) is 14.8. The maximum Gasteiger partial charge on any atom is 0.349 e. The smallest absolute Gasteiger partial charge is 0.349 e. The number of rotatable bonds is 6. The molecule has 0 aromatic carbocycles. The second-order valence-corrected chi connectivity index (χ2v) is 7.00. The Bertz CT molecular complexity index is 715. The molecular weight excluding hydrogens is 369 g/mol. The summed E-state index contributed by atoms with van der Waals surface area (Å²) in [5.41, 5.74) is 3.73.